The zero-order valence-corrected chi connectivity index (χ0v) is 10.8. The minimum Gasteiger partial charge on any atom is -0.356 e. The molecule has 0 aromatic heterocycles. The SMILES string of the molecule is CC(C)C(C)C(=O)NCC1CCC(N)CC1. The van der Waals surface area contributed by atoms with Crippen LogP contribution in [0.15, 0.2) is 0 Å². The van der Waals surface area contributed by atoms with Crippen LogP contribution >= 0.6 is 0 Å². The van der Waals surface area contributed by atoms with Gasteiger partial charge >= 0.3 is 0 Å². The van der Waals surface area contributed by atoms with E-state index < -0.39 is 0 Å². The molecule has 3 nitrogen and oxygen atoms in total. The number of hydrogen-bond acceptors (Lipinski definition) is 2. The molecule has 1 saturated carbocycles. The van der Waals surface area contributed by atoms with Crippen LogP contribution in [-0.2, 0) is 4.79 Å². The van der Waals surface area contributed by atoms with Crippen LogP contribution in [0.4, 0.5) is 0 Å². The van der Waals surface area contributed by atoms with E-state index in [9.17, 15) is 4.79 Å². The van der Waals surface area contributed by atoms with Crippen molar-refractivity contribution >= 4 is 5.91 Å². The van der Waals surface area contributed by atoms with E-state index in [1.807, 2.05) is 6.92 Å². The van der Waals surface area contributed by atoms with Crippen molar-refractivity contribution in [3.8, 4) is 0 Å². The van der Waals surface area contributed by atoms with E-state index in [1.165, 1.54) is 0 Å². The smallest absolute Gasteiger partial charge is 0.223 e. The number of amides is 1. The predicted octanol–water partition coefficient (Wildman–Crippen LogP) is 1.91. The van der Waals surface area contributed by atoms with Crippen molar-refractivity contribution < 1.29 is 4.79 Å². The Labute approximate surface area is 99.2 Å². The fourth-order valence-electron chi connectivity index (χ4n) is 2.10. The van der Waals surface area contributed by atoms with Crippen molar-refractivity contribution in [3.63, 3.8) is 0 Å². The lowest BCUT2D eigenvalue weighted by Gasteiger charge is -2.26. The number of carbonyl (C=O) groups excluding carboxylic acids is 1. The Balaban J connectivity index is 2.22. The zero-order chi connectivity index (χ0) is 12.1. The molecule has 3 heteroatoms. The van der Waals surface area contributed by atoms with Gasteiger partial charge < -0.3 is 11.1 Å². The maximum atomic E-state index is 11.8. The first-order valence-corrected chi connectivity index (χ1v) is 6.54. The van der Waals surface area contributed by atoms with Crippen LogP contribution < -0.4 is 11.1 Å². The van der Waals surface area contributed by atoms with Gasteiger partial charge in [0, 0.05) is 18.5 Å². The third-order valence-corrected chi connectivity index (χ3v) is 3.87. The first-order chi connectivity index (χ1) is 7.50. The molecule has 16 heavy (non-hydrogen) atoms. The predicted molar refractivity (Wildman–Crippen MR) is 66.9 cm³/mol. The van der Waals surface area contributed by atoms with Gasteiger partial charge in [-0.15, -0.1) is 0 Å². The van der Waals surface area contributed by atoms with E-state index in [4.69, 9.17) is 5.73 Å². The van der Waals surface area contributed by atoms with Crippen LogP contribution in [0.5, 0.6) is 0 Å². The standard InChI is InChI=1S/C13H26N2O/c1-9(2)10(3)13(16)15-8-11-4-6-12(14)7-5-11/h9-12H,4-8,14H2,1-3H3,(H,15,16). The Morgan fingerprint density at radius 1 is 1.25 bits per heavy atom. The summed E-state index contributed by atoms with van der Waals surface area (Å²) >= 11 is 0. The molecule has 1 aliphatic rings. The van der Waals surface area contributed by atoms with Gasteiger partial charge in [-0.3, -0.25) is 4.79 Å². The molecule has 0 heterocycles. The maximum absolute atomic E-state index is 11.8. The highest BCUT2D eigenvalue weighted by Crippen LogP contribution is 2.22. The summed E-state index contributed by atoms with van der Waals surface area (Å²) in [5.41, 5.74) is 5.85. The molecule has 0 saturated heterocycles. The molecule has 1 unspecified atom stereocenters. The highest BCUT2D eigenvalue weighted by Gasteiger charge is 2.21. The monoisotopic (exact) mass is 226 g/mol. The Morgan fingerprint density at radius 3 is 2.31 bits per heavy atom. The largest absolute Gasteiger partial charge is 0.356 e. The molecular weight excluding hydrogens is 200 g/mol. The van der Waals surface area contributed by atoms with Gasteiger partial charge in [-0.1, -0.05) is 20.8 Å². The molecule has 0 aromatic rings. The van der Waals surface area contributed by atoms with Crippen molar-refractivity contribution in [1.82, 2.24) is 5.32 Å². The van der Waals surface area contributed by atoms with Gasteiger partial charge in [-0.25, -0.2) is 0 Å². The third kappa shape index (κ3) is 4.12. The average Bonchev–Trinajstić information content (AvgIpc) is 2.26. The molecular formula is C13H26N2O. The number of nitrogens with one attached hydrogen (secondary N) is 1. The van der Waals surface area contributed by atoms with Gasteiger partial charge in [0.1, 0.15) is 0 Å². The van der Waals surface area contributed by atoms with Crippen LogP contribution in [0, 0.1) is 17.8 Å². The van der Waals surface area contributed by atoms with Crippen molar-refractivity contribution in [2.24, 2.45) is 23.5 Å². The summed E-state index contributed by atoms with van der Waals surface area (Å²) in [6, 6.07) is 0.390. The van der Waals surface area contributed by atoms with Gasteiger partial charge in [0.15, 0.2) is 0 Å². The Bertz CT molecular complexity index is 220. The summed E-state index contributed by atoms with van der Waals surface area (Å²) in [5, 5.41) is 3.07. The lowest BCUT2D eigenvalue weighted by molar-refractivity contribution is -0.125. The van der Waals surface area contributed by atoms with Gasteiger partial charge in [0.05, 0.1) is 0 Å². The van der Waals surface area contributed by atoms with E-state index in [-0.39, 0.29) is 11.8 Å². The maximum Gasteiger partial charge on any atom is 0.223 e. The summed E-state index contributed by atoms with van der Waals surface area (Å²) < 4.78 is 0. The molecule has 1 amide bonds. The Hall–Kier alpha value is -0.570. The Morgan fingerprint density at radius 2 is 1.81 bits per heavy atom. The van der Waals surface area contributed by atoms with Crippen molar-refractivity contribution in [2.75, 3.05) is 6.54 Å². The second-order valence-electron chi connectivity index (χ2n) is 5.56. The molecule has 1 fully saturated rings. The van der Waals surface area contributed by atoms with E-state index in [1.54, 1.807) is 0 Å². The quantitative estimate of drug-likeness (QED) is 0.769. The first-order valence-electron chi connectivity index (χ1n) is 6.54. The van der Waals surface area contributed by atoms with Gasteiger partial charge in [-0.2, -0.15) is 0 Å². The van der Waals surface area contributed by atoms with Crippen LogP contribution in [0.25, 0.3) is 0 Å². The number of nitrogens with two attached hydrogens (primary N) is 1. The molecule has 0 bridgehead atoms. The van der Waals surface area contributed by atoms with Crippen molar-refractivity contribution in [1.29, 1.82) is 0 Å². The van der Waals surface area contributed by atoms with E-state index in [0.29, 0.717) is 17.9 Å². The number of carbonyl (C=O) groups is 1. The molecule has 1 rings (SSSR count). The fourth-order valence-corrected chi connectivity index (χ4v) is 2.10. The van der Waals surface area contributed by atoms with Crippen molar-refractivity contribution in [2.45, 2.75) is 52.5 Å². The van der Waals surface area contributed by atoms with Crippen LogP contribution in [0.1, 0.15) is 46.5 Å². The first kappa shape index (κ1) is 13.5. The normalized spacial score (nSPS) is 27.8. The topological polar surface area (TPSA) is 55.1 Å². The van der Waals surface area contributed by atoms with Gasteiger partial charge in [0.25, 0.3) is 0 Å². The summed E-state index contributed by atoms with van der Waals surface area (Å²) in [6.45, 7) is 7.01. The van der Waals surface area contributed by atoms with Crippen LogP contribution in [0.2, 0.25) is 0 Å². The van der Waals surface area contributed by atoms with Crippen molar-refractivity contribution in [3.05, 3.63) is 0 Å². The van der Waals surface area contributed by atoms with Crippen LogP contribution in [0.3, 0.4) is 0 Å². The lowest BCUT2D eigenvalue weighted by atomic mass is 9.86. The molecule has 0 spiro atoms. The van der Waals surface area contributed by atoms with Gasteiger partial charge in [-0.05, 0) is 37.5 Å². The van der Waals surface area contributed by atoms with Crippen LogP contribution in [-0.4, -0.2) is 18.5 Å². The minimum absolute atomic E-state index is 0.117. The fraction of sp³-hybridized carbons (Fsp3) is 0.923. The lowest BCUT2D eigenvalue weighted by Crippen LogP contribution is -2.37. The highest BCUT2D eigenvalue weighted by atomic mass is 16.1. The minimum atomic E-state index is 0.117. The summed E-state index contributed by atoms with van der Waals surface area (Å²) in [5.74, 6) is 1.37. The molecule has 1 aliphatic carbocycles. The average molecular weight is 226 g/mol. The van der Waals surface area contributed by atoms with Gasteiger partial charge in [0.2, 0.25) is 5.91 Å². The molecule has 0 radical (unpaired) electrons. The zero-order valence-electron chi connectivity index (χ0n) is 10.8. The van der Waals surface area contributed by atoms with E-state index in [2.05, 4.69) is 19.2 Å². The number of hydrogen-bond donors (Lipinski definition) is 2. The number of rotatable bonds is 4. The summed E-state index contributed by atoms with van der Waals surface area (Å²) in [7, 11) is 0. The van der Waals surface area contributed by atoms with E-state index >= 15 is 0 Å². The van der Waals surface area contributed by atoms with E-state index in [0.717, 1.165) is 32.2 Å². The molecule has 0 aliphatic heterocycles. The molecule has 0 aromatic carbocycles. The highest BCUT2D eigenvalue weighted by molar-refractivity contribution is 5.78. The summed E-state index contributed by atoms with van der Waals surface area (Å²) in [6.07, 6.45) is 4.55. The molecule has 1 atom stereocenters. The third-order valence-electron chi connectivity index (χ3n) is 3.87. The Kier molecular flexibility index (Phi) is 5.26. The summed E-state index contributed by atoms with van der Waals surface area (Å²) in [4.78, 5) is 11.8. The molecule has 94 valence electrons. The second kappa shape index (κ2) is 6.24. The molecule has 3 N–H and O–H groups in total. The second-order valence-corrected chi connectivity index (χ2v) is 5.56.